The van der Waals surface area contributed by atoms with Crippen LogP contribution in [0.2, 0.25) is 5.02 Å². The Morgan fingerprint density at radius 1 is 1.23 bits per heavy atom. The second kappa shape index (κ2) is 8.01. The summed E-state index contributed by atoms with van der Waals surface area (Å²) in [4.78, 5) is 12.1. The van der Waals surface area contributed by atoms with Gasteiger partial charge in [-0.05, 0) is 24.6 Å². The van der Waals surface area contributed by atoms with E-state index in [-0.39, 0.29) is 35.7 Å². The van der Waals surface area contributed by atoms with Crippen molar-refractivity contribution in [3.63, 3.8) is 0 Å². The first-order valence-corrected chi connectivity index (χ1v) is 8.35. The molecule has 26 heavy (non-hydrogen) atoms. The number of rotatable bonds is 6. The zero-order valence-corrected chi connectivity index (χ0v) is 14.8. The fourth-order valence-corrected chi connectivity index (χ4v) is 2.59. The normalized spacial score (nSPS) is 10.6. The van der Waals surface area contributed by atoms with Crippen LogP contribution in [-0.4, -0.2) is 22.3 Å². The Bertz CT molecular complexity index is 927. The second-order valence-corrected chi connectivity index (χ2v) is 6.12. The van der Waals surface area contributed by atoms with E-state index < -0.39 is 0 Å². The van der Waals surface area contributed by atoms with Crippen molar-refractivity contribution in [3.05, 3.63) is 76.7 Å². The molecular weight excluding hydrogens is 357 g/mol. The number of carbonyl (C=O) groups excluding carboxylic acids is 1. The smallest absolute Gasteiger partial charge is 0.263 e. The summed E-state index contributed by atoms with van der Waals surface area (Å²) < 4.78 is 20.7. The van der Waals surface area contributed by atoms with Gasteiger partial charge in [-0.1, -0.05) is 48.0 Å². The van der Waals surface area contributed by atoms with E-state index >= 15 is 0 Å². The van der Waals surface area contributed by atoms with Gasteiger partial charge in [-0.2, -0.15) is 5.10 Å². The lowest BCUT2D eigenvalue weighted by Crippen LogP contribution is -2.21. The minimum absolute atomic E-state index is 0.165. The molecule has 0 fully saturated rings. The first-order chi connectivity index (χ1) is 12.5. The Morgan fingerprint density at radius 2 is 1.96 bits per heavy atom. The number of aryl methyl sites for hydroxylation is 1. The molecule has 0 bridgehead atoms. The summed E-state index contributed by atoms with van der Waals surface area (Å²) in [6, 6.07) is 13.8. The van der Waals surface area contributed by atoms with E-state index in [2.05, 4.69) is 10.4 Å². The van der Waals surface area contributed by atoms with Crippen LogP contribution in [0.4, 0.5) is 10.2 Å². The average molecular weight is 374 g/mol. The summed E-state index contributed by atoms with van der Waals surface area (Å²) in [5.74, 6) is 0.142. The van der Waals surface area contributed by atoms with Gasteiger partial charge >= 0.3 is 0 Å². The van der Waals surface area contributed by atoms with Gasteiger partial charge in [-0.15, -0.1) is 0 Å². The highest BCUT2D eigenvalue weighted by Crippen LogP contribution is 2.21. The number of hydrogen-bond donors (Lipinski definition) is 1. The number of hydrogen-bond acceptors (Lipinski definition) is 3. The van der Waals surface area contributed by atoms with Crippen LogP contribution in [0.15, 0.2) is 54.7 Å². The molecule has 0 aliphatic carbocycles. The number of aromatic nitrogens is 2. The van der Waals surface area contributed by atoms with Crippen LogP contribution in [0.25, 0.3) is 0 Å². The molecular formula is C19H17ClFN3O2. The van der Waals surface area contributed by atoms with E-state index in [0.717, 1.165) is 5.56 Å². The lowest BCUT2D eigenvalue weighted by atomic mass is 10.2. The number of para-hydroxylation sites is 1. The predicted octanol–water partition coefficient (Wildman–Crippen LogP) is 4.05. The zero-order chi connectivity index (χ0) is 18.5. The second-order valence-electron chi connectivity index (χ2n) is 5.72. The molecule has 0 atom stereocenters. The van der Waals surface area contributed by atoms with Crippen molar-refractivity contribution in [1.29, 1.82) is 0 Å². The fourth-order valence-electron chi connectivity index (χ4n) is 2.39. The largest absolute Gasteiger partial charge is 0.483 e. The van der Waals surface area contributed by atoms with Gasteiger partial charge in [0, 0.05) is 11.8 Å². The maximum absolute atomic E-state index is 13.7. The van der Waals surface area contributed by atoms with Crippen molar-refractivity contribution in [3.8, 4) is 5.75 Å². The fraction of sp³-hybridized carbons (Fsp3) is 0.158. The van der Waals surface area contributed by atoms with E-state index in [1.54, 1.807) is 24.3 Å². The van der Waals surface area contributed by atoms with Gasteiger partial charge in [-0.3, -0.25) is 9.48 Å². The molecule has 5 nitrogen and oxygen atoms in total. The number of anilines is 1. The minimum Gasteiger partial charge on any atom is -0.483 e. The molecule has 134 valence electrons. The number of benzene rings is 2. The molecule has 0 spiro atoms. The van der Waals surface area contributed by atoms with Gasteiger partial charge in [0.1, 0.15) is 16.6 Å². The summed E-state index contributed by atoms with van der Waals surface area (Å²) in [5, 5.41) is 7.06. The highest BCUT2D eigenvalue weighted by molar-refractivity contribution is 6.33. The number of amides is 1. The number of halogens is 2. The van der Waals surface area contributed by atoms with Crippen LogP contribution in [0, 0.1) is 12.7 Å². The van der Waals surface area contributed by atoms with E-state index in [4.69, 9.17) is 16.3 Å². The van der Waals surface area contributed by atoms with E-state index in [1.807, 2.05) is 25.1 Å². The molecule has 2 aromatic carbocycles. The van der Waals surface area contributed by atoms with Crippen LogP contribution in [-0.2, 0) is 11.3 Å². The van der Waals surface area contributed by atoms with Gasteiger partial charge in [0.2, 0.25) is 0 Å². The van der Waals surface area contributed by atoms with Gasteiger partial charge in [0.15, 0.2) is 12.4 Å². The van der Waals surface area contributed by atoms with Crippen molar-refractivity contribution in [2.75, 3.05) is 11.9 Å². The topological polar surface area (TPSA) is 56.1 Å². The Labute approximate surface area is 155 Å². The molecule has 7 heteroatoms. The molecule has 1 amide bonds. The van der Waals surface area contributed by atoms with Crippen molar-refractivity contribution in [2.24, 2.45) is 0 Å². The maximum Gasteiger partial charge on any atom is 0.263 e. The Hall–Kier alpha value is -2.86. The summed E-state index contributed by atoms with van der Waals surface area (Å²) in [6.07, 6.45) is 1.53. The summed E-state index contributed by atoms with van der Waals surface area (Å²) in [6.45, 7) is 1.94. The SMILES string of the molecule is Cc1ccccc1OCC(=O)Nc1nn(Cc2ccccc2F)cc1Cl. The van der Waals surface area contributed by atoms with Gasteiger partial charge in [-0.25, -0.2) is 4.39 Å². The molecule has 1 aromatic heterocycles. The van der Waals surface area contributed by atoms with E-state index in [0.29, 0.717) is 11.3 Å². The van der Waals surface area contributed by atoms with Crippen molar-refractivity contribution in [2.45, 2.75) is 13.5 Å². The van der Waals surface area contributed by atoms with Gasteiger partial charge < -0.3 is 10.1 Å². The lowest BCUT2D eigenvalue weighted by molar-refractivity contribution is -0.118. The summed E-state index contributed by atoms with van der Waals surface area (Å²) in [7, 11) is 0. The zero-order valence-electron chi connectivity index (χ0n) is 14.1. The Kier molecular flexibility index (Phi) is 5.53. The van der Waals surface area contributed by atoms with Crippen LogP contribution in [0.3, 0.4) is 0 Å². The Morgan fingerprint density at radius 3 is 2.73 bits per heavy atom. The third-order valence-electron chi connectivity index (χ3n) is 3.72. The van der Waals surface area contributed by atoms with Crippen LogP contribution >= 0.6 is 11.6 Å². The van der Waals surface area contributed by atoms with Crippen LogP contribution in [0.1, 0.15) is 11.1 Å². The molecule has 3 aromatic rings. The van der Waals surface area contributed by atoms with Crippen molar-refractivity contribution < 1.29 is 13.9 Å². The summed E-state index contributed by atoms with van der Waals surface area (Å²) in [5.41, 5.74) is 1.42. The lowest BCUT2D eigenvalue weighted by Gasteiger charge is -2.08. The van der Waals surface area contributed by atoms with Crippen molar-refractivity contribution >= 4 is 23.3 Å². The maximum atomic E-state index is 13.7. The molecule has 1 heterocycles. The van der Waals surface area contributed by atoms with E-state index in [1.165, 1.54) is 16.9 Å². The van der Waals surface area contributed by atoms with E-state index in [9.17, 15) is 9.18 Å². The van der Waals surface area contributed by atoms with Gasteiger partial charge in [0.05, 0.1) is 6.54 Å². The number of ether oxygens (including phenoxy) is 1. The molecule has 0 aliphatic heterocycles. The minimum atomic E-state index is -0.383. The first kappa shape index (κ1) is 17.9. The highest BCUT2D eigenvalue weighted by atomic mass is 35.5. The first-order valence-electron chi connectivity index (χ1n) is 7.97. The number of nitrogens with one attached hydrogen (secondary N) is 1. The van der Waals surface area contributed by atoms with Crippen LogP contribution in [0.5, 0.6) is 5.75 Å². The Balaban J connectivity index is 1.61. The molecule has 0 saturated heterocycles. The van der Waals surface area contributed by atoms with Crippen molar-refractivity contribution in [1.82, 2.24) is 9.78 Å². The number of carbonyl (C=O) groups is 1. The molecule has 0 radical (unpaired) electrons. The standard InChI is InChI=1S/C19H17ClFN3O2/c1-13-6-2-5-9-17(13)26-12-18(25)22-19-15(20)11-24(23-19)10-14-7-3-4-8-16(14)21/h2-9,11H,10,12H2,1H3,(H,22,23,25). The van der Waals surface area contributed by atoms with Gasteiger partial charge in [0.25, 0.3) is 5.91 Å². The summed E-state index contributed by atoms with van der Waals surface area (Å²) >= 11 is 6.10. The molecule has 0 unspecified atom stereocenters. The monoisotopic (exact) mass is 373 g/mol. The molecule has 0 saturated carbocycles. The molecule has 0 aliphatic rings. The third-order valence-corrected chi connectivity index (χ3v) is 3.99. The highest BCUT2D eigenvalue weighted by Gasteiger charge is 2.13. The molecule has 3 rings (SSSR count). The molecule has 1 N–H and O–H groups in total. The number of nitrogens with zero attached hydrogens (tertiary/aromatic N) is 2. The van der Waals surface area contributed by atoms with Crippen LogP contribution < -0.4 is 10.1 Å². The average Bonchev–Trinajstić information content (AvgIpc) is 2.95. The predicted molar refractivity (Wildman–Crippen MR) is 98.0 cm³/mol. The third kappa shape index (κ3) is 4.40. The quantitative estimate of drug-likeness (QED) is 0.709.